The lowest BCUT2D eigenvalue weighted by molar-refractivity contribution is -0.139. The van der Waals surface area contributed by atoms with Crippen molar-refractivity contribution in [3.8, 4) is 0 Å². The zero-order valence-electron chi connectivity index (χ0n) is 10.5. The molecule has 20 heavy (non-hydrogen) atoms. The molecule has 7 heteroatoms. The van der Waals surface area contributed by atoms with Crippen molar-refractivity contribution in [3.05, 3.63) is 41.0 Å². The molecular formula is C13H12N4O2S. The zero-order chi connectivity index (χ0) is 14.1. The molecule has 1 atom stereocenters. The van der Waals surface area contributed by atoms with E-state index in [0.29, 0.717) is 15.7 Å². The number of nitrogens with one attached hydrogen (secondary N) is 1. The van der Waals surface area contributed by atoms with Crippen molar-refractivity contribution in [2.75, 3.05) is 0 Å². The van der Waals surface area contributed by atoms with Gasteiger partial charge in [-0.15, -0.1) is 0 Å². The quantitative estimate of drug-likeness (QED) is 0.847. The number of aliphatic carboxylic acids is 1. The van der Waals surface area contributed by atoms with Crippen LogP contribution in [0.4, 0.5) is 0 Å². The number of rotatable bonds is 3. The highest BCUT2D eigenvalue weighted by molar-refractivity contribution is 7.71. The van der Waals surface area contributed by atoms with E-state index in [9.17, 15) is 9.90 Å². The predicted octanol–water partition coefficient (Wildman–Crippen LogP) is 2.39. The normalized spacial score (nSPS) is 16.1. The van der Waals surface area contributed by atoms with Crippen molar-refractivity contribution < 1.29 is 9.90 Å². The smallest absolute Gasteiger partial charge is 0.331 e. The van der Waals surface area contributed by atoms with Crippen LogP contribution in [0.5, 0.6) is 0 Å². The molecule has 2 heterocycles. The molecule has 1 aliphatic rings. The fraction of sp³-hybridized carbons (Fsp3) is 0.231. The number of fused-ring (bicyclic) bond motifs is 1. The lowest BCUT2D eigenvalue weighted by atomic mass is 10.00. The minimum absolute atomic E-state index is 0.413. The molecule has 0 saturated carbocycles. The molecule has 2 N–H and O–H groups in total. The van der Waals surface area contributed by atoms with Crippen LogP contribution in [0.1, 0.15) is 18.9 Å². The highest BCUT2D eigenvalue weighted by Gasteiger charge is 2.24. The summed E-state index contributed by atoms with van der Waals surface area (Å²) in [5.41, 5.74) is 1.29. The number of aromatic nitrogens is 4. The number of carbonyl (C=O) groups is 1. The van der Waals surface area contributed by atoms with Crippen LogP contribution in [0.15, 0.2) is 36.3 Å². The number of carboxylic acids is 1. The summed E-state index contributed by atoms with van der Waals surface area (Å²) in [5.74, 6) is -0.955. The highest BCUT2D eigenvalue weighted by Crippen LogP contribution is 2.25. The second-order valence-corrected chi connectivity index (χ2v) is 4.90. The first-order valence-corrected chi connectivity index (χ1v) is 6.59. The molecule has 1 unspecified atom stereocenters. The summed E-state index contributed by atoms with van der Waals surface area (Å²) in [6, 6.07) is -0.856. The zero-order valence-corrected chi connectivity index (χ0v) is 11.3. The molecule has 0 fully saturated rings. The van der Waals surface area contributed by atoms with Gasteiger partial charge in [0.1, 0.15) is 4.64 Å². The van der Waals surface area contributed by atoms with E-state index in [1.807, 2.05) is 18.2 Å². The van der Waals surface area contributed by atoms with Crippen LogP contribution in [0.3, 0.4) is 0 Å². The van der Waals surface area contributed by atoms with Gasteiger partial charge >= 0.3 is 5.97 Å². The van der Waals surface area contributed by atoms with E-state index in [-0.39, 0.29) is 0 Å². The van der Waals surface area contributed by atoms with E-state index >= 15 is 0 Å². The van der Waals surface area contributed by atoms with Gasteiger partial charge < -0.3 is 9.67 Å². The fourth-order valence-corrected chi connectivity index (χ4v) is 2.59. The molecule has 0 saturated heterocycles. The van der Waals surface area contributed by atoms with E-state index in [4.69, 9.17) is 12.2 Å². The van der Waals surface area contributed by atoms with Gasteiger partial charge in [-0.25, -0.2) is 9.78 Å². The average Bonchev–Trinajstić information content (AvgIpc) is 2.92. The van der Waals surface area contributed by atoms with Crippen LogP contribution in [-0.4, -0.2) is 30.8 Å². The van der Waals surface area contributed by atoms with Gasteiger partial charge in [0.15, 0.2) is 11.7 Å². The van der Waals surface area contributed by atoms with Crippen LogP contribution in [0, 0.1) is 4.64 Å². The molecule has 0 bridgehead atoms. The molecule has 6 nitrogen and oxygen atoms in total. The highest BCUT2D eigenvalue weighted by atomic mass is 32.1. The minimum Gasteiger partial charge on any atom is -0.479 e. The largest absolute Gasteiger partial charge is 0.479 e. The number of H-pyrrole nitrogens is 1. The van der Waals surface area contributed by atoms with E-state index in [1.165, 1.54) is 10.9 Å². The minimum atomic E-state index is -0.955. The Hall–Kier alpha value is -2.28. The molecule has 102 valence electrons. The third-order valence-electron chi connectivity index (χ3n) is 3.25. The van der Waals surface area contributed by atoms with Crippen molar-refractivity contribution in [2.24, 2.45) is 0 Å². The van der Waals surface area contributed by atoms with Crippen molar-refractivity contribution in [3.63, 3.8) is 0 Å². The monoisotopic (exact) mass is 288 g/mol. The number of hydrogen-bond acceptors (Lipinski definition) is 4. The van der Waals surface area contributed by atoms with Gasteiger partial charge in [-0.3, -0.25) is 5.10 Å². The maximum atomic E-state index is 11.6. The van der Waals surface area contributed by atoms with E-state index in [0.717, 1.165) is 18.4 Å². The van der Waals surface area contributed by atoms with Gasteiger partial charge in [0.05, 0.1) is 17.9 Å². The van der Waals surface area contributed by atoms with E-state index in [1.54, 1.807) is 6.20 Å². The number of carboxylic acid groups (broad SMARTS) is 1. The van der Waals surface area contributed by atoms with E-state index in [2.05, 4.69) is 15.2 Å². The third kappa shape index (κ3) is 2.05. The molecule has 1 aliphatic carbocycles. The lowest BCUT2D eigenvalue weighted by Crippen LogP contribution is -2.22. The van der Waals surface area contributed by atoms with Crippen LogP contribution in [-0.2, 0) is 4.79 Å². The standard InChI is InChI=1S/C13H12N4O2S/c18-13(19)10(8-4-2-1-3-5-8)17-7-14-11-9(12(17)20)6-15-16-11/h2,4-7,10H,1,3H2,(H,15,16)(H,18,19). The molecule has 0 aromatic carbocycles. The Morgan fingerprint density at radius 3 is 3.05 bits per heavy atom. The summed E-state index contributed by atoms with van der Waals surface area (Å²) in [7, 11) is 0. The SMILES string of the molecule is O=C(O)C(C1=CCCC=C1)n1cnc2[nH]ncc2c1=S. The maximum Gasteiger partial charge on any atom is 0.331 e. The molecule has 3 rings (SSSR count). The van der Waals surface area contributed by atoms with Crippen LogP contribution in [0.25, 0.3) is 11.0 Å². The topological polar surface area (TPSA) is 83.8 Å². The number of hydrogen-bond donors (Lipinski definition) is 2. The number of nitrogens with zero attached hydrogens (tertiary/aromatic N) is 3. The molecule has 0 radical (unpaired) electrons. The Balaban J connectivity index is 2.17. The Kier molecular flexibility index (Phi) is 3.19. The Bertz CT molecular complexity index is 787. The third-order valence-corrected chi connectivity index (χ3v) is 3.68. The van der Waals surface area contributed by atoms with Crippen LogP contribution >= 0.6 is 12.2 Å². The Labute approximate surface area is 119 Å². The van der Waals surface area contributed by atoms with Gasteiger partial charge in [-0.2, -0.15) is 5.10 Å². The van der Waals surface area contributed by atoms with Gasteiger partial charge in [0, 0.05) is 0 Å². The van der Waals surface area contributed by atoms with Crippen molar-refractivity contribution in [2.45, 2.75) is 18.9 Å². The van der Waals surface area contributed by atoms with Gasteiger partial charge in [-0.1, -0.05) is 30.4 Å². The van der Waals surface area contributed by atoms with Crippen LogP contribution in [0.2, 0.25) is 0 Å². The first kappa shape index (κ1) is 12.7. The number of aromatic amines is 1. The van der Waals surface area contributed by atoms with Crippen molar-refractivity contribution >= 4 is 29.2 Å². The predicted molar refractivity (Wildman–Crippen MR) is 75.8 cm³/mol. The fourth-order valence-electron chi connectivity index (χ4n) is 2.29. The Morgan fingerprint density at radius 1 is 1.50 bits per heavy atom. The van der Waals surface area contributed by atoms with Gasteiger partial charge in [0.25, 0.3) is 0 Å². The maximum absolute atomic E-state index is 11.6. The van der Waals surface area contributed by atoms with E-state index < -0.39 is 12.0 Å². The van der Waals surface area contributed by atoms with Gasteiger partial charge in [-0.05, 0) is 18.4 Å². The molecule has 0 spiro atoms. The summed E-state index contributed by atoms with van der Waals surface area (Å²) in [6.45, 7) is 0. The summed E-state index contributed by atoms with van der Waals surface area (Å²) in [5, 5.41) is 16.8. The Morgan fingerprint density at radius 2 is 2.35 bits per heavy atom. The van der Waals surface area contributed by atoms with Crippen LogP contribution < -0.4 is 0 Å². The first-order valence-electron chi connectivity index (χ1n) is 6.18. The number of allylic oxidation sites excluding steroid dienone is 3. The molecule has 0 aliphatic heterocycles. The van der Waals surface area contributed by atoms with Crippen molar-refractivity contribution in [1.29, 1.82) is 0 Å². The first-order chi connectivity index (χ1) is 9.68. The summed E-state index contributed by atoms with van der Waals surface area (Å²) in [6.07, 6.45) is 10.5. The molecular weight excluding hydrogens is 276 g/mol. The second-order valence-electron chi connectivity index (χ2n) is 4.51. The summed E-state index contributed by atoms with van der Waals surface area (Å²) < 4.78 is 1.91. The molecule has 0 amide bonds. The lowest BCUT2D eigenvalue weighted by Gasteiger charge is -2.19. The van der Waals surface area contributed by atoms with Gasteiger partial charge in [0.2, 0.25) is 0 Å². The summed E-state index contributed by atoms with van der Waals surface area (Å²) in [4.78, 5) is 15.8. The molecule has 2 aromatic rings. The second kappa shape index (κ2) is 5.01. The van der Waals surface area contributed by atoms with Crippen molar-refractivity contribution in [1.82, 2.24) is 19.7 Å². The summed E-state index contributed by atoms with van der Waals surface area (Å²) >= 11 is 5.36. The molecule has 2 aromatic heterocycles. The average molecular weight is 288 g/mol.